The highest BCUT2D eigenvalue weighted by Gasteiger charge is 2.09. The molecule has 2 N–H and O–H groups in total. The van der Waals surface area contributed by atoms with Crippen LogP contribution in [0, 0.1) is 6.92 Å². The van der Waals surface area contributed by atoms with Crippen molar-refractivity contribution >= 4 is 17.2 Å². The van der Waals surface area contributed by atoms with Crippen LogP contribution in [0.25, 0.3) is 0 Å². The van der Waals surface area contributed by atoms with Gasteiger partial charge in [0.15, 0.2) is 5.69 Å². The van der Waals surface area contributed by atoms with Crippen LogP contribution < -0.4 is 10.5 Å². The molecule has 0 bridgehead atoms. The fraction of sp³-hybridized carbons (Fsp3) is 0.0833. The van der Waals surface area contributed by atoms with Gasteiger partial charge in [-0.3, -0.25) is 0 Å². The van der Waals surface area contributed by atoms with Crippen molar-refractivity contribution in [3.05, 3.63) is 47.9 Å². The molecule has 0 aliphatic heterocycles. The summed E-state index contributed by atoms with van der Waals surface area (Å²) in [7, 11) is 0. The van der Waals surface area contributed by atoms with E-state index >= 15 is 0 Å². The highest BCUT2D eigenvalue weighted by Crippen LogP contribution is 2.21. The second-order valence-electron chi connectivity index (χ2n) is 3.49. The van der Waals surface area contributed by atoms with Crippen LogP contribution >= 0.6 is 12.2 Å². The number of nitrogens with zero attached hydrogens (tertiary/aromatic N) is 2. The summed E-state index contributed by atoms with van der Waals surface area (Å²) in [6.45, 7) is 2.01. The van der Waals surface area contributed by atoms with Crippen LogP contribution in [0.15, 0.2) is 36.7 Å². The van der Waals surface area contributed by atoms with E-state index in [4.69, 9.17) is 22.7 Å². The predicted octanol–water partition coefficient (Wildman–Crippen LogP) is 2.21. The van der Waals surface area contributed by atoms with Gasteiger partial charge in [-0.2, -0.15) is 0 Å². The van der Waals surface area contributed by atoms with Crippen molar-refractivity contribution in [1.82, 2.24) is 9.97 Å². The van der Waals surface area contributed by atoms with Crippen molar-refractivity contribution in [3.63, 3.8) is 0 Å². The third-order valence-corrected chi connectivity index (χ3v) is 2.33. The van der Waals surface area contributed by atoms with Gasteiger partial charge in [-0.25, -0.2) is 9.97 Å². The number of aromatic nitrogens is 2. The van der Waals surface area contributed by atoms with E-state index in [9.17, 15) is 0 Å². The number of aryl methyl sites for hydroxylation is 1. The lowest BCUT2D eigenvalue weighted by atomic mass is 10.2. The summed E-state index contributed by atoms with van der Waals surface area (Å²) in [5, 5.41) is 0. The molecule has 0 saturated carbocycles. The predicted molar refractivity (Wildman–Crippen MR) is 69.2 cm³/mol. The molecule has 0 saturated heterocycles. The standard InChI is InChI=1S/C12H11N3OS/c1-8-2-4-9(5-3-8)16-12-10(11(13)17)14-6-7-15-12/h2-7H,1H3,(H2,13,17). The maximum atomic E-state index is 5.58. The quantitative estimate of drug-likeness (QED) is 0.840. The van der Waals surface area contributed by atoms with Crippen molar-refractivity contribution in [2.45, 2.75) is 6.92 Å². The van der Waals surface area contributed by atoms with E-state index in [-0.39, 0.29) is 4.99 Å². The number of hydrogen-bond donors (Lipinski definition) is 1. The smallest absolute Gasteiger partial charge is 0.248 e. The fourth-order valence-corrected chi connectivity index (χ4v) is 1.43. The molecule has 0 aliphatic rings. The summed E-state index contributed by atoms with van der Waals surface area (Å²) in [5.74, 6) is 0.998. The molecule has 1 aromatic carbocycles. The lowest BCUT2D eigenvalue weighted by Gasteiger charge is -2.07. The first-order chi connectivity index (χ1) is 8.16. The molecular weight excluding hydrogens is 234 g/mol. The second-order valence-corrected chi connectivity index (χ2v) is 3.93. The van der Waals surface area contributed by atoms with Gasteiger partial charge in [0, 0.05) is 12.4 Å². The Balaban J connectivity index is 2.30. The SMILES string of the molecule is Cc1ccc(Oc2nccnc2C(N)=S)cc1. The number of hydrogen-bond acceptors (Lipinski definition) is 4. The number of benzene rings is 1. The van der Waals surface area contributed by atoms with Crippen LogP contribution in [0.5, 0.6) is 11.6 Å². The van der Waals surface area contributed by atoms with Crippen molar-refractivity contribution in [1.29, 1.82) is 0 Å². The molecule has 0 spiro atoms. The van der Waals surface area contributed by atoms with E-state index < -0.39 is 0 Å². The molecule has 1 aromatic heterocycles. The third-order valence-electron chi connectivity index (χ3n) is 2.13. The van der Waals surface area contributed by atoms with Gasteiger partial charge in [0.05, 0.1) is 0 Å². The van der Waals surface area contributed by atoms with Gasteiger partial charge >= 0.3 is 0 Å². The first kappa shape index (κ1) is 11.5. The minimum atomic E-state index is 0.167. The monoisotopic (exact) mass is 245 g/mol. The fourth-order valence-electron chi connectivity index (χ4n) is 1.29. The summed E-state index contributed by atoms with van der Waals surface area (Å²) in [4.78, 5) is 8.27. The lowest BCUT2D eigenvalue weighted by Crippen LogP contribution is -2.13. The molecule has 86 valence electrons. The average molecular weight is 245 g/mol. The maximum absolute atomic E-state index is 5.58. The van der Waals surface area contributed by atoms with Crippen LogP contribution in [0.2, 0.25) is 0 Å². The molecule has 0 fully saturated rings. The number of rotatable bonds is 3. The van der Waals surface area contributed by atoms with Crippen molar-refractivity contribution in [2.24, 2.45) is 5.73 Å². The highest BCUT2D eigenvalue weighted by molar-refractivity contribution is 7.80. The van der Waals surface area contributed by atoms with Crippen LogP contribution in [0.3, 0.4) is 0 Å². The van der Waals surface area contributed by atoms with E-state index in [0.717, 1.165) is 5.56 Å². The Morgan fingerprint density at radius 3 is 2.47 bits per heavy atom. The highest BCUT2D eigenvalue weighted by atomic mass is 32.1. The molecular formula is C12H11N3OS. The Kier molecular flexibility index (Phi) is 3.30. The first-order valence-corrected chi connectivity index (χ1v) is 5.43. The number of thiocarbonyl (C=S) groups is 1. The van der Waals surface area contributed by atoms with E-state index in [0.29, 0.717) is 17.3 Å². The van der Waals surface area contributed by atoms with E-state index in [1.807, 2.05) is 31.2 Å². The number of nitrogens with two attached hydrogens (primary N) is 1. The molecule has 0 unspecified atom stereocenters. The molecule has 0 aliphatic carbocycles. The molecule has 1 heterocycles. The normalized spacial score (nSPS) is 9.94. The Morgan fingerprint density at radius 2 is 1.82 bits per heavy atom. The molecule has 4 nitrogen and oxygen atoms in total. The Labute approximate surface area is 104 Å². The van der Waals surface area contributed by atoms with Crippen LogP contribution in [0.4, 0.5) is 0 Å². The molecule has 0 amide bonds. The summed E-state index contributed by atoms with van der Waals surface area (Å²) < 4.78 is 5.58. The second kappa shape index (κ2) is 4.88. The van der Waals surface area contributed by atoms with Gasteiger partial charge in [-0.1, -0.05) is 29.9 Å². The molecule has 0 radical (unpaired) electrons. The molecule has 2 rings (SSSR count). The first-order valence-electron chi connectivity index (χ1n) is 5.02. The summed E-state index contributed by atoms with van der Waals surface area (Å²) in [6.07, 6.45) is 3.06. The van der Waals surface area contributed by atoms with Crippen LogP contribution in [-0.2, 0) is 0 Å². The van der Waals surface area contributed by atoms with Gasteiger partial charge in [-0.15, -0.1) is 0 Å². The lowest BCUT2D eigenvalue weighted by molar-refractivity contribution is 0.459. The Morgan fingerprint density at radius 1 is 1.18 bits per heavy atom. The van der Waals surface area contributed by atoms with Crippen LogP contribution in [-0.4, -0.2) is 15.0 Å². The van der Waals surface area contributed by atoms with Gasteiger partial charge in [-0.05, 0) is 19.1 Å². The van der Waals surface area contributed by atoms with E-state index in [1.165, 1.54) is 12.4 Å². The zero-order valence-electron chi connectivity index (χ0n) is 9.25. The van der Waals surface area contributed by atoms with Crippen molar-refractivity contribution in [2.75, 3.05) is 0 Å². The molecule has 2 aromatic rings. The van der Waals surface area contributed by atoms with Crippen LogP contribution in [0.1, 0.15) is 11.3 Å². The van der Waals surface area contributed by atoms with Gasteiger partial charge < -0.3 is 10.5 Å². The topological polar surface area (TPSA) is 61.0 Å². The van der Waals surface area contributed by atoms with Crippen molar-refractivity contribution < 1.29 is 4.74 Å². The average Bonchev–Trinajstić information content (AvgIpc) is 2.32. The van der Waals surface area contributed by atoms with Crippen molar-refractivity contribution in [3.8, 4) is 11.6 Å². The largest absolute Gasteiger partial charge is 0.437 e. The van der Waals surface area contributed by atoms with Gasteiger partial charge in [0.25, 0.3) is 0 Å². The Hall–Kier alpha value is -2.01. The summed E-state index contributed by atoms with van der Waals surface area (Å²) in [5.41, 5.74) is 7.09. The zero-order chi connectivity index (χ0) is 12.3. The maximum Gasteiger partial charge on any atom is 0.248 e. The minimum absolute atomic E-state index is 0.167. The zero-order valence-corrected chi connectivity index (χ0v) is 10.1. The Bertz CT molecular complexity index is 540. The third kappa shape index (κ3) is 2.76. The summed E-state index contributed by atoms with van der Waals surface area (Å²) >= 11 is 4.88. The molecule has 17 heavy (non-hydrogen) atoms. The summed E-state index contributed by atoms with van der Waals surface area (Å²) in [6, 6.07) is 7.61. The molecule has 5 heteroatoms. The van der Waals surface area contributed by atoms with Gasteiger partial charge in [0.1, 0.15) is 10.7 Å². The van der Waals surface area contributed by atoms with E-state index in [1.54, 1.807) is 0 Å². The minimum Gasteiger partial charge on any atom is -0.437 e. The molecule has 0 atom stereocenters. The van der Waals surface area contributed by atoms with E-state index in [2.05, 4.69) is 9.97 Å². The van der Waals surface area contributed by atoms with Gasteiger partial charge in [0.2, 0.25) is 5.88 Å². The number of ether oxygens (including phenoxy) is 1.